The third-order valence-corrected chi connectivity index (χ3v) is 4.31. The van der Waals surface area contributed by atoms with Gasteiger partial charge in [-0.1, -0.05) is 23.7 Å². The second-order valence-electron chi connectivity index (χ2n) is 5.82. The fourth-order valence-corrected chi connectivity index (χ4v) is 2.72. The van der Waals surface area contributed by atoms with Crippen molar-refractivity contribution in [2.45, 2.75) is 6.04 Å². The molecule has 0 spiro atoms. The Morgan fingerprint density at radius 3 is 2.36 bits per heavy atom. The smallest absolute Gasteiger partial charge is 0.330 e. The van der Waals surface area contributed by atoms with Gasteiger partial charge in [0.1, 0.15) is 11.4 Å². The number of hydrogen-bond donors (Lipinski definition) is 4. The first-order valence-corrected chi connectivity index (χ1v) is 8.49. The van der Waals surface area contributed by atoms with E-state index in [-0.39, 0.29) is 17.1 Å². The molecule has 0 unspecified atom stereocenters. The Kier molecular flexibility index (Phi) is 5.51. The zero-order valence-corrected chi connectivity index (χ0v) is 15.4. The number of ether oxygens (including phenoxy) is 1. The predicted octanol–water partition coefficient (Wildman–Crippen LogP) is 3.00. The molecule has 0 aliphatic heterocycles. The molecule has 0 bridgehead atoms. The van der Waals surface area contributed by atoms with Gasteiger partial charge in [-0.2, -0.15) is 5.10 Å². The minimum Gasteiger partial charge on any atom is -0.504 e. The number of aromatic hydroxyl groups is 1. The first-order chi connectivity index (χ1) is 13.4. The number of aromatic amines is 1. The average molecular weight is 402 g/mol. The van der Waals surface area contributed by atoms with Gasteiger partial charge in [-0.25, -0.2) is 4.79 Å². The summed E-state index contributed by atoms with van der Waals surface area (Å²) < 4.78 is 5.08. The summed E-state index contributed by atoms with van der Waals surface area (Å²) in [7, 11) is 1.53. The van der Waals surface area contributed by atoms with Crippen LogP contribution >= 0.6 is 11.6 Å². The van der Waals surface area contributed by atoms with Crippen molar-refractivity contribution in [3.05, 3.63) is 64.8 Å². The molecule has 28 heavy (non-hydrogen) atoms. The fourth-order valence-electron chi connectivity index (χ4n) is 2.59. The van der Waals surface area contributed by atoms with Crippen LogP contribution in [0.3, 0.4) is 0 Å². The largest absolute Gasteiger partial charge is 0.504 e. The lowest BCUT2D eigenvalue weighted by molar-refractivity contribution is -0.139. The van der Waals surface area contributed by atoms with Crippen molar-refractivity contribution in [1.82, 2.24) is 15.5 Å². The molecular weight excluding hydrogens is 386 g/mol. The third-order valence-electron chi connectivity index (χ3n) is 4.06. The molecule has 9 heteroatoms. The molecule has 0 fully saturated rings. The summed E-state index contributed by atoms with van der Waals surface area (Å²) in [5.74, 6) is -1.83. The quantitative estimate of drug-likeness (QED) is 0.503. The predicted molar refractivity (Wildman–Crippen MR) is 102 cm³/mol. The highest BCUT2D eigenvalue weighted by Gasteiger charge is 2.26. The van der Waals surface area contributed by atoms with Gasteiger partial charge >= 0.3 is 5.97 Å². The number of H-pyrrole nitrogens is 1. The summed E-state index contributed by atoms with van der Waals surface area (Å²) in [6.45, 7) is 0. The number of benzene rings is 2. The van der Waals surface area contributed by atoms with Crippen molar-refractivity contribution in [2.75, 3.05) is 7.11 Å². The Morgan fingerprint density at radius 2 is 1.79 bits per heavy atom. The highest BCUT2D eigenvalue weighted by molar-refractivity contribution is 6.30. The molecule has 0 saturated carbocycles. The van der Waals surface area contributed by atoms with Crippen molar-refractivity contribution < 1.29 is 24.5 Å². The van der Waals surface area contributed by atoms with E-state index in [9.17, 15) is 19.8 Å². The van der Waals surface area contributed by atoms with Crippen LogP contribution in [0.1, 0.15) is 22.1 Å². The molecule has 0 aliphatic rings. The molecule has 4 N–H and O–H groups in total. The van der Waals surface area contributed by atoms with Crippen LogP contribution in [0, 0.1) is 0 Å². The maximum absolute atomic E-state index is 12.5. The molecule has 0 saturated heterocycles. The summed E-state index contributed by atoms with van der Waals surface area (Å²) in [5.41, 5.74) is 0.804. The maximum atomic E-state index is 12.5. The summed E-state index contributed by atoms with van der Waals surface area (Å²) in [4.78, 5) is 24.1. The number of carbonyl (C=O) groups excluding carboxylic acids is 1. The van der Waals surface area contributed by atoms with Gasteiger partial charge in [-0.3, -0.25) is 9.89 Å². The Labute approximate surface area is 164 Å². The third kappa shape index (κ3) is 3.91. The van der Waals surface area contributed by atoms with E-state index in [0.717, 1.165) is 0 Å². The van der Waals surface area contributed by atoms with Gasteiger partial charge in [0.05, 0.1) is 7.11 Å². The van der Waals surface area contributed by atoms with Crippen molar-refractivity contribution in [3.8, 4) is 22.8 Å². The summed E-state index contributed by atoms with van der Waals surface area (Å²) >= 11 is 5.81. The monoisotopic (exact) mass is 401 g/mol. The van der Waals surface area contributed by atoms with Gasteiger partial charge in [0.25, 0.3) is 5.91 Å². The molecule has 8 nitrogen and oxygen atoms in total. The molecule has 1 aromatic heterocycles. The summed E-state index contributed by atoms with van der Waals surface area (Å²) in [6, 6.07) is 11.4. The first-order valence-electron chi connectivity index (χ1n) is 8.11. The first kappa shape index (κ1) is 19.2. The van der Waals surface area contributed by atoms with Crippen LogP contribution in [0.15, 0.2) is 48.5 Å². The number of carbonyl (C=O) groups is 2. The van der Waals surface area contributed by atoms with Crippen molar-refractivity contribution in [2.24, 2.45) is 0 Å². The maximum Gasteiger partial charge on any atom is 0.330 e. The molecule has 2 aromatic carbocycles. The number of methoxy groups -OCH3 is 1. The number of carboxylic acid groups (broad SMARTS) is 1. The van der Waals surface area contributed by atoms with Crippen molar-refractivity contribution >= 4 is 23.5 Å². The van der Waals surface area contributed by atoms with E-state index in [0.29, 0.717) is 21.9 Å². The van der Waals surface area contributed by atoms with Gasteiger partial charge in [0.15, 0.2) is 17.5 Å². The molecule has 3 aromatic rings. The van der Waals surface area contributed by atoms with Crippen LogP contribution in [0.2, 0.25) is 5.02 Å². The molecule has 0 radical (unpaired) electrons. The van der Waals surface area contributed by atoms with Crippen LogP contribution in [0.4, 0.5) is 0 Å². The van der Waals surface area contributed by atoms with Crippen LogP contribution in [-0.4, -0.2) is 39.4 Å². The number of carboxylic acids is 1. The van der Waals surface area contributed by atoms with E-state index in [1.54, 1.807) is 24.3 Å². The number of rotatable bonds is 6. The SMILES string of the molecule is COc1ccc(-c2n[nH]c(C(=O)N[C@H](C(=O)O)c3ccc(Cl)cc3)c2O)cc1. The van der Waals surface area contributed by atoms with Gasteiger partial charge in [0.2, 0.25) is 0 Å². The topological polar surface area (TPSA) is 125 Å². The Morgan fingerprint density at radius 1 is 1.14 bits per heavy atom. The van der Waals surface area contributed by atoms with E-state index in [2.05, 4.69) is 15.5 Å². The average Bonchev–Trinajstić information content (AvgIpc) is 3.08. The fraction of sp³-hybridized carbons (Fsp3) is 0.105. The van der Waals surface area contributed by atoms with Gasteiger partial charge in [0, 0.05) is 10.6 Å². The highest BCUT2D eigenvalue weighted by Crippen LogP contribution is 2.31. The molecule has 0 aliphatic carbocycles. The molecule has 1 amide bonds. The van der Waals surface area contributed by atoms with E-state index in [4.69, 9.17) is 16.3 Å². The normalized spacial score (nSPS) is 11.6. The Balaban J connectivity index is 1.84. The van der Waals surface area contributed by atoms with Crippen molar-refractivity contribution in [3.63, 3.8) is 0 Å². The molecule has 3 rings (SSSR count). The molecular formula is C19H16ClN3O5. The summed E-state index contributed by atoms with van der Waals surface area (Å²) in [5, 5.41) is 29.0. The molecule has 1 heterocycles. The van der Waals surface area contributed by atoms with Gasteiger partial charge < -0.3 is 20.3 Å². The Bertz CT molecular complexity index is 999. The zero-order chi connectivity index (χ0) is 20.3. The minimum absolute atomic E-state index is 0.158. The number of nitrogens with zero attached hydrogens (tertiary/aromatic N) is 1. The lowest BCUT2D eigenvalue weighted by Gasteiger charge is -2.14. The number of nitrogens with one attached hydrogen (secondary N) is 2. The molecule has 1 atom stereocenters. The van der Waals surface area contributed by atoms with E-state index >= 15 is 0 Å². The number of aromatic nitrogens is 2. The summed E-state index contributed by atoms with van der Waals surface area (Å²) in [6.07, 6.45) is 0. The van der Waals surface area contributed by atoms with Crippen LogP contribution in [-0.2, 0) is 4.79 Å². The van der Waals surface area contributed by atoms with Crippen LogP contribution in [0.5, 0.6) is 11.5 Å². The second-order valence-corrected chi connectivity index (χ2v) is 6.26. The number of halogens is 1. The van der Waals surface area contributed by atoms with E-state index in [1.165, 1.54) is 31.4 Å². The van der Waals surface area contributed by atoms with Crippen molar-refractivity contribution in [1.29, 1.82) is 0 Å². The number of hydrogen-bond acceptors (Lipinski definition) is 5. The highest BCUT2D eigenvalue weighted by atomic mass is 35.5. The standard InChI is InChI=1S/C19H16ClN3O5/c1-28-13-8-4-10(5-9-13)14-17(24)16(23-22-14)18(25)21-15(19(26)27)11-2-6-12(20)7-3-11/h2-9,15,24H,1H3,(H,21,25)(H,22,23)(H,26,27)/t15-/m0/s1. The lowest BCUT2D eigenvalue weighted by atomic mass is 10.1. The second kappa shape index (κ2) is 8.01. The van der Waals surface area contributed by atoms with Gasteiger partial charge in [-0.05, 0) is 42.0 Å². The minimum atomic E-state index is -1.32. The van der Waals surface area contributed by atoms with E-state index < -0.39 is 17.9 Å². The number of amides is 1. The van der Waals surface area contributed by atoms with Crippen LogP contribution < -0.4 is 10.1 Å². The zero-order valence-electron chi connectivity index (χ0n) is 14.6. The molecule has 144 valence electrons. The number of aliphatic carboxylic acids is 1. The lowest BCUT2D eigenvalue weighted by Crippen LogP contribution is -2.34. The van der Waals surface area contributed by atoms with E-state index in [1.807, 2.05) is 0 Å². The van der Waals surface area contributed by atoms with Gasteiger partial charge in [-0.15, -0.1) is 0 Å². The van der Waals surface area contributed by atoms with Crippen LogP contribution in [0.25, 0.3) is 11.3 Å². The Hall–Kier alpha value is -3.52.